The van der Waals surface area contributed by atoms with Crippen LogP contribution in [0, 0.1) is 0 Å². The smallest absolute Gasteiger partial charge is 0.318 e. The zero-order valence-corrected chi connectivity index (χ0v) is 17.0. The van der Waals surface area contributed by atoms with E-state index in [0.717, 1.165) is 35.5 Å². The van der Waals surface area contributed by atoms with E-state index in [0.29, 0.717) is 24.8 Å². The molecule has 8 heteroatoms. The number of carbonyl (C=O) groups is 1. The van der Waals surface area contributed by atoms with Crippen LogP contribution >= 0.6 is 0 Å². The normalized spacial score (nSPS) is 15.8. The maximum absolute atomic E-state index is 12.8. The van der Waals surface area contributed by atoms with Crippen LogP contribution in [0.25, 0.3) is 11.4 Å². The third kappa shape index (κ3) is 4.22. The standard InChI is InChI=1S/C22H24N4O4/c1-28-17-8-3-6-15(12-17)14-23-22(27)26-11-5-10-19(26)21-24-20(25-30-21)16-7-4-9-18(13-16)29-2/h3-4,6-9,12-13,19H,5,10-11,14H2,1-2H3,(H,23,27)/t19-/m1/s1. The number of hydrogen-bond donors (Lipinski definition) is 1. The highest BCUT2D eigenvalue weighted by molar-refractivity contribution is 5.75. The van der Waals surface area contributed by atoms with Crippen molar-refractivity contribution in [2.45, 2.75) is 25.4 Å². The summed E-state index contributed by atoms with van der Waals surface area (Å²) in [5, 5.41) is 7.07. The number of ether oxygens (including phenoxy) is 2. The fourth-order valence-corrected chi connectivity index (χ4v) is 3.58. The van der Waals surface area contributed by atoms with Gasteiger partial charge in [-0.15, -0.1) is 0 Å². The van der Waals surface area contributed by atoms with Gasteiger partial charge in [0, 0.05) is 18.7 Å². The third-order valence-corrected chi connectivity index (χ3v) is 5.15. The van der Waals surface area contributed by atoms with E-state index < -0.39 is 0 Å². The second-order valence-corrected chi connectivity index (χ2v) is 7.05. The molecule has 0 unspecified atom stereocenters. The van der Waals surface area contributed by atoms with Gasteiger partial charge >= 0.3 is 6.03 Å². The highest BCUT2D eigenvalue weighted by Gasteiger charge is 2.34. The summed E-state index contributed by atoms with van der Waals surface area (Å²) >= 11 is 0. The average Bonchev–Trinajstić information content (AvgIpc) is 3.47. The van der Waals surface area contributed by atoms with Crippen molar-refractivity contribution in [3.8, 4) is 22.9 Å². The Hall–Kier alpha value is -3.55. The summed E-state index contributed by atoms with van der Waals surface area (Å²) < 4.78 is 16.0. The van der Waals surface area contributed by atoms with Gasteiger partial charge in [0.25, 0.3) is 0 Å². The molecule has 1 atom stereocenters. The van der Waals surface area contributed by atoms with Crippen LogP contribution in [0.3, 0.4) is 0 Å². The summed E-state index contributed by atoms with van der Waals surface area (Å²) in [5.74, 6) is 2.41. The van der Waals surface area contributed by atoms with Crippen molar-refractivity contribution in [2.24, 2.45) is 0 Å². The summed E-state index contributed by atoms with van der Waals surface area (Å²) in [6.45, 7) is 1.06. The molecule has 3 aromatic rings. The van der Waals surface area contributed by atoms with Gasteiger partial charge in [0.2, 0.25) is 11.7 Å². The maximum Gasteiger partial charge on any atom is 0.318 e. The summed E-state index contributed by atoms with van der Waals surface area (Å²) in [7, 11) is 3.23. The molecule has 156 valence electrons. The van der Waals surface area contributed by atoms with Gasteiger partial charge in [-0.1, -0.05) is 29.4 Å². The Bertz CT molecular complexity index is 1020. The van der Waals surface area contributed by atoms with Crippen molar-refractivity contribution in [1.29, 1.82) is 0 Å². The van der Waals surface area contributed by atoms with E-state index in [2.05, 4.69) is 15.5 Å². The van der Waals surface area contributed by atoms with E-state index in [1.54, 1.807) is 19.1 Å². The molecular weight excluding hydrogens is 384 g/mol. The monoisotopic (exact) mass is 408 g/mol. The van der Waals surface area contributed by atoms with Crippen molar-refractivity contribution in [3.63, 3.8) is 0 Å². The largest absolute Gasteiger partial charge is 0.497 e. The molecule has 0 spiro atoms. The molecule has 2 amide bonds. The molecule has 1 fully saturated rings. The van der Waals surface area contributed by atoms with Gasteiger partial charge in [-0.2, -0.15) is 4.98 Å². The first-order valence-corrected chi connectivity index (χ1v) is 9.83. The number of nitrogens with one attached hydrogen (secondary N) is 1. The summed E-state index contributed by atoms with van der Waals surface area (Å²) in [4.78, 5) is 19.1. The number of likely N-dealkylation sites (tertiary alicyclic amines) is 1. The molecule has 0 bridgehead atoms. The third-order valence-electron chi connectivity index (χ3n) is 5.15. The molecule has 0 saturated carbocycles. The van der Waals surface area contributed by atoms with Gasteiger partial charge in [-0.25, -0.2) is 4.79 Å². The van der Waals surface area contributed by atoms with Gasteiger partial charge in [0.05, 0.1) is 14.2 Å². The first-order chi connectivity index (χ1) is 14.7. The van der Waals surface area contributed by atoms with Gasteiger partial charge in [0.1, 0.15) is 17.5 Å². The van der Waals surface area contributed by atoms with Gasteiger partial charge in [0.15, 0.2) is 0 Å². The number of amides is 2. The van der Waals surface area contributed by atoms with Crippen LogP contribution in [0.2, 0.25) is 0 Å². The SMILES string of the molecule is COc1cccc(CNC(=O)N2CCC[C@@H]2c2nc(-c3cccc(OC)c3)no2)c1. The van der Waals surface area contributed by atoms with Gasteiger partial charge < -0.3 is 24.2 Å². The van der Waals surface area contributed by atoms with Crippen molar-refractivity contribution < 1.29 is 18.8 Å². The van der Waals surface area contributed by atoms with Crippen molar-refractivity contribution in [2.75, 3.05) is 20.8 Å². The Morgan fingerprint density at radius 3 is 2.73 bits per heavy atom. The highest BCUT2D eigenvalue weighted by Crippen LogP contribution is 2.32. The lowest BCUT2D eigenvalue weighted by Crippen LogP contribution is -2.39. The Morgan fingerprint density at radius 1 is 1.17 bits per heavy atom. The van der Waals surface area contributed by atoms with E-state index in [9.17, 15) is 4.79 Å². The van der Waals surface area contributed by atoms with Crippen LogP contribution in [0.1, 0.15) is 30.3 Å². The van der Waals surface area contributed by atoms with E-state index >= 15 is 0 Å². The van der Waals surface area contributed by atoms with Crippen LogP contribution in [-0.2, 0) is 6.54 Å². The molecule has 0 aliphatic carbocycles. The second kappa shape index (κ2) is 8.86. The van der Waals surface area contributed by atoms with Crippen molar-refractivity contribution >= 4 is 6.03 Å². The fraction of sp³-hybridized carbons (Fsp3) is 0.318. The minimum Gasteiger partial charge on any atom is -0.497 e. The molecule has 2 heterocycles. The molecule has 0 radical (unpaired) electrons. The van der Waals surface area contributed by atoms with Crippen LogP contribution in [0.15, 0.2) is 53.1 Å². The minimum absolute atomic E-state index is 0.151. The molecule has 1 aromatic heterocycles. The predicted molar refractivity (Wildman–Crippen MR) is 110 cm³/mol. The summed E-state index contributed by atoms with van der Waals surface area (Å²) in [5.41, 5.74) is 1.77. The molecule has 1 saturated heterocycles. The number of hydrogen-bond acceptors (Lipinski definition) is 6. The zero-order chi connectivity index (χ0) is 20.9. The average molecular weight is 408 g/mol. The Balaban J connectivity index is 1.44. The number of rotatable bonds is 6. The fourth-order valence-electron chi connectivity index (χ4n) is 3.58. The molecule has 4 rings (SSSR count). The molecule has 1 aliphatic heterocycles. The summed E-state index contributed by atoms with van der Waals surface area (Å²) in [6.07, 6.45) is 1.67. The van der Waals surface area contributed by atoms with Crippen LogP contribution in [0.5, 0.6) is 11.5 Å². The molecule has 2 aromatic carbocycles. The zero-order valence-electron chi connectivity index (χ0n) is 17.0. The van der Waals surface area contributed by atoms with Crippen molar-refractivity contribution in [3.05, 3.63) is 60.0 Å². The first kappa shape index (κ1) is 19.8. The Kier molecular flexibility index (Phi) is 5.83. The molecule has 1 N–H and O–H groups in total. The number of urea groups is 1. The van der Waals surface area contributed by atoms with Crippen LogP contribution < -0.4 is 14.8 Å². The van der Waals surface area contributed by atoms with E-state index in [1.807, 2.05) is 48.5 Å². The molecule has 30 heavy (non-hydrogen) atoms. The van der Waals surface area contributed by atoms with E-state index in [4.69, 9.17) is 14.0 Å². The number of aromatic nitrogens is 2. The van der Waals surface area contributed by atoms with Crippen LogP contribution in [-0.4, -0.2) is 41.8 Å². The highest BCUT2D eigenvalue weighted by atomic mass is 16.5. The Morgan fingerprint density at radius 2 is 1.93 bits per heavy atom. The first-order valence-electron chi connectivity index (χ1n) is 9.83. The molecular formula is C22H24N4O4. The summed E-state index contributed by atoms with van der Waals surface area (Å²) in [6, 6.07) is 14.7. The van der Waals surface area contributed by atoms with Crippen LogP contribution in [0.4, 0.5) is 4.79 Å². The number of benzene rings is 2. The van der Waals surface area contributed by atoms with E-state index in [-0.39, 0.29) is 12.1 Å². The van der Waals surface area contributed by atoms with Gasteiger partial charge in [-0.3, -0.25) is 0 Å². The lowest BCUT2D eigenvalue weighted by molar-refractivity contribution is 0.180. The lowest BCUT2D eigenvalue weighted by atomic mass is 10.2. The number of carbonyl (C=O) groups excluding carboxylic acids is 1. The number of methoxy groups -OCH3 is 2. The molecule has 1 aliphatic rings. The quantitative estimate of drug-likeness (QED) is 0.667. The second-order valence-electron chi connectivity index (χ2n) is 7.05. The lowest BCUT2D eigenvalue weighted by Gasteiger charge is -2.22. The van der Waals surface area contributed by atoms with Crippen molar-refractivity contribution in [1.82, 2.24) is 20.4 Å². The van der Waals surface area contributed by atoms with E-state index in [1.165, 1.54) is 0 Å². The predicted octanol–water partition coefficient (Wildman–Crippen LogP) is 3.80. The maximum atomic E-state index is 12.8. The molecule has 8 nitrogen and oxygen atoms in total. The Labute approximate surface area is 174 Å². The number of nitrogens with zero attached hydrogens (tertiary/aromatic N) is 3. The van der Waals surface area contributed by atoms with Gasteiger partial charge in [-0.05, 0) is 42.7 Å². The minimum atomic E-state index is -0.234. The topological polar surface area (TPSA) is 89.7 Å².